The lowest BCUT2D eigenvalue weighted by Crippen LogP contribution is -2.21. The average molecular weight is 260 g/mol. The van der Waals surface area contributed by atoms with Gasteiger partial charge < -0.3 is 20.2 Å². The van der Waals surface area contributed by atoms with Gasteiger partial charge in [0.1, 0.15) is 5.76 Å². The van der Waals surface area contributed by atoms with Gasteiger partial charge in [-0.1, -0.05) is 6.07 Å². The predicted octanol–water partition coefficient (Wildman–Crippen LogP) is 2.50. The smallest absolute Gasteiger partial charge is 0.337 e. The summed E-state index contributed by atoms with van der Waals surface area (Å²) >= 11 is 0. The molecule has 0 aliphatic heterocycles. The summed E-state index contributed by atoms with van der Waals surface area (Å²) in [5.41, 5.74) is 8.07. The molecule has 0 saturated heterocycles. The summed E-state index contributed by atoms with van der Waals surface area (Å²) < 4.78 is 5.23. The third kappa shape index (κ3) is 2.54. The van der Waals surface area contributed by atoms with Crippen molar-refractivity contribution in [1.29, 1.82) is 0 Å². The van der Waals surface area contributed by atoms with Crippen molar-refractivity contribution in [3.63, 3.8) is 0 Å². The van der Waals surface area contributed by atoms with E-state index in [0.29, 0.717) is 17.9 Å². The lowest BCUT2D eigenvalue weighted by molar-refractivity contribution is 0.0697. The number of nitrogen functional groups attached to an aromatic ring is 1. The van der Waals surface area contributed by atoms with Crippen LogP contribution in [0.2, 0.25) is 0 Å². The number of para-hydroxylation sites is 1. The molecule has 5 heteroatoms. The number of aromatic carboxylic acids is 1. The molecule has 5 nitrogen and oxygen atoms in total. The average Bonchev–Trinajstić information content (AvgIpc) is 2.74. The monoisotopic (exact) mass is 260 g/mol. The van der Waals surface area contributed by atoms with Crippen molar-refractivity contribution in [1.82, 2.24) is 0 Å². The van der Waals surface area contributed by atoms with Gasteiger partial charge in [-0.2, -0.15) is 0 Å². The van der Waals surface area contributed by atoms with E-state index in [1.807, 2.05) is 24.9 Å². The second-order valence-electron chi connectivity index (χ2n) is 4.41. The van der Waals surface area contributed by atoms with Crippen molar-refractivity contribution in [2.45, 2.75) is 13.5 Å². The van der Waals surface area contributed by atoms with Gasteiger partial charge in [-0.25, -0.2) is 4.79 Å². The Kier molecular flexibility index (Phi) is 3.46. The van der Waals surface area contributed by atoms with Crippen LogP contribution in [0.3, 0.4) is 0 Å². The van der Waals surface area contributed by atoms with E-state index in [2.05, 4.69) is 0 Å². The van der Waals surface area contributed by atoms with E-state index in [9.17, 15) is 9.90 Å². The van der Waals surface area contributed by atoms with Crippen LogP contribution >= 0.6 is 0 Å². The Hall–Kier alpha value is -2.43. The minimum absolute atomic E-state index is 0.198. The Bertz CT molecular complexity index is 604. The molecule has 0 unspecified atom stereocenters. The summed E-state index contributed by atoms with van der Waals surface area (Å²) in [6.45, 7) is 2.41. The molecule has 1 aromatic carbocycles. The molecule has 100 valence electrons. The van der Waals surface area contributed by atoms with Crippen LogP contribution in [0.5, 0.6) is 0 Å². The van der Waals surface area contributed by atoms with Gasteiger partial charge in [-0.05, 0) is 25.1 Å². The summed E-state index contributed by atoms with van der Waals surface area (Å²) in [6.07, 6.45) is 1.62. The molecule has 0 saturated carbocycles. The standard InChI is InChI=1S/C14H16N2O3/c1-9-10(6-7-19-9)8-16(2)13-11(14(17)18)4-3-5-12(13)15/h3-7H,8,15H2,1-2H3,(H,17,18). The summed E-state index contributed by atoms with van der Waals surface area (Å²) in [7, 11) is 1.81. The molecule has 1 heterocycles. The zero-order valence-corrected chi connectivity index (χ0v) is 10.9. The number of nitrogens with two attached hydrogens (primary N) is 1. The number of benzene rings is 1. The van der Waals surface area contributed by atoms with Gasteiger partial charge in [0.25, 0.3) is 0 Å². The maximum Gasteiger partial charge on any atom is 0.337 e. The molecular formula is C14H16N2O3. The molecule has 2 rings (SSSR count). The molecule has 0 aliphatic carbocycles. The highest BCUT2D eigenvalue weighted by molar-refractivity contribution is 5.97. The van der Waals surface area contributed by atoms with Crippen molar-refractivity contribution in [2.24, 2.45) is 0 Å². The second kappa shape index (κ2) is 5.06. The quantitative estimate of drug-likeness (QED) is 0.826. The molecule has 0 atom stereocenters. The lowest BCUT2D eigenvalue weighted by Gasteiger charge is -2.22. The van der Waals surface area contributed by atoms with Crippen molar-refractivity contribution in [2.75, 3.05) is 17.7 Å². The van der Waals surface area contributed by atoms with Crippen LogP contribution in [0.15, 0.2) is 34.9 Å². The lowest BCUT2D eigenvalue weighted by atomic mass is 10.1. The van der Waals surface area contributed by atoms with Crippen LogP contribution in [-0.4, -0.2) is 18.1 Å². The number of hydrogen-bond acceptors (Lipinski definition) is 4. The fraction of sp³-hybridized carbons (Fsp3) is 0.214. The third-order valence-electron chi connectivity index (χ3n) is 3.05. The van der Waals surface area contributed by atoms with Crippen LogP contribution in [0, 0.1) is 6.92 Å². The Morgan fingerprint density at radius 1 is 1.42 bits per heavy atom. The van der Waals surface area contributed by atoms with Crippen LogP contribution < -0.4 is 10.6 Å². The molecule has 19 heavy (non-hydrogen) atoms. The van der Waals surface area contributed by atoms with Crippen LogP contribution in [-0.2, 0) is 6.54 Å². The minimum Gasteiger partial charge on any atom is -0.478 e. The van der Waals surface area contributed by atoms with E-state index in [1.54, 1.807) is 24.5 Å². The number of aryl methyl sites for hydroxylation is 1. The topological polar surface area (TPSA) is 79.7 Å². The first-order chi connectivity index (χ1) is 9.00. The van der Waals surface area contributed by atoms with Crippen molar-refractivity contribution < 1.29 is 14.3 Å². The van der Waals surface area contributed by atoms with E-state index in [1.165, 1.54) is 0 Å². The molecule has 2 aromatic rings. The largest absolute Gasteiger partial charge is 0.478 e. The molecule has 1 aromatic heterocycles. The number of nitrogens with zero attached hydrogens (tertiary/aromatic N) is 1. The van der Waals surface area contributed by atoms with Crippen LogP contribution in [0.1, 0.15) is 21.7 Å². The minimum atomic E-state index is -0.988. The van der Waals surface area contributed by atoms with Gasteiger partial charge in [0.2, 0.25) is 0 Å². The SMILES string of the molecule is Cc1occc1CN(C)c1c(N)cccc1C(=O)O. The maximum absolute atomic E-state index is 11.2. The third-order valence-corrected chi connectivity index (χ3v) is 3.05. The maximum atomic E-state index is 11.2. The summed E-state index contributed by atoms with van der Waals surface area (Å²) in [5, 5.41) is 9.22. The van der Waals surface area contributed by atoms with E-state index in [-0.39, 0.29) is 5.56 Å². The first-order valence-corrected chi connectivity index (χ1v) is 5.86. The second-order valence-corrected chi connectivity index (χ2v) is 4.41. The van der Waals surface area contributed by atoms with E-state index >= 15 is 0 Å². The number of rotatable bonds is 4. The number of carboxylic acids is 1. The van der Waals surface area contributed by atoms with E-state index < -0.39 is 5.97 Å². The Morgan fingerprint density at radius 2 is 2.16 bits per heavy atom. The molecule has 0 bridgehead atoms. The first kappa shape index (κ1) is 13.0. The molecule has 0 radical (unpaired) electrons. The van der Waals surface area contributed by atoms with Crippen molar-refractivity contribution in [3.8, 4) is 0 Å². The Morgan fingerprint density at radius 3 is 2.74 bits per heavy atom. The van der Waals surface area contributed by atoms with Gasteiger partial charge in [-0.3, -0.25) is 0 Å². The van der Waals surface area contributed by atoms with Crippen molar-refractivity contribution >= 4 is 17.3 Å². The summed E-state index contributed by atoms with van der Waals surface area (Å²) in [6, 6.07) is 6.75. The summed E-state index contributed by atoms with van der Waals surface area (Å²) in [5.74, 6) is -0.170. The van der Waals surface area contributed by atoms with Gasteiger partial charge in [0.05, 0.1) is 23.2 Å². The molecule has 0 amide bonds. The fourth-order valence-corrected chi connectivity index (χ4v) is 2.07. The number of anilines is 2. The molecule has 3 N–H and O–H groups in total. The normalized spacial score (nSPS) is 10.4. The Labute approximate surface area is 111 Å². The van der Waals surface area contributed by atoms with Crippen LogP contribution in [0.4, 0.5) is 11.4 Å². The van der Waals surface area contributed by atoms with Gasteiger partial charge in [0, 0.05) is 19.2 Å². The van der Waals surface area contributed by atoms with Crippen LogP contribution in [0.25, 0.3) is 0 Å². The zero-order valence-electron chi connectivity index (χ0n) is 10.9. The zero-order chi connectivity index (χ0) is 14.0. The predicted molar refractivity (Wildman–Crippen MR) is 73.4 cm³/mol. The van der Waals surface area contributed by atoms with Gasteiger partial charge in [-0.15, -0.1) is 0 Å². The summed E-state index contributed by atoms with van der Waals surface area (Å²) in [4.78, 5) is 13.1. The molecule has 0 fully saturated rings. The number of hydrogen-bond donors (Lipinski definition) is 2. The fourth-order valence-electron chi connectivity index (χ4n) is 2.07. The highest BCUT2D eigenvalue weighted by Gasteiger charge is 2.17. The van der Waals surface area contributed by atoms with E-state index in [4.69, 9.17) is 10.2 Å². The highest BCUT2D eigenvalue weighted by Crippen LogP contribution is 2.28. The Balaban J connectivity index is 2.36. The first-order valence-electron chi connectivity index (χ1n) is 5.86. The molecule has 0 spiro atoms. The van der Waals surface area contributed by atoms with Gasteiger partial charge >= 0.3 is 5.97 Å². The number of furan rings is 1. The number of carbonyl (C=O) groups is 1. The van der Waals surface area contributed by atoms with Gasteiger partial charge in [0.15, 0.2) is 0 Å². The van der Waals surface area contributed by atoms with E-state index in [0.717, 1.165) is 11.3 Å². The highest BCUT2D eigenvalue weighted by atomic mass is 16.4. The number of carboxylic acid groups (broad SMARTS) is 1. The molecular weight excluding hydrogens is 244 g/mol. The molecule has 0 aliphatic rings. The van der Waals surface area contributed by atoms with Crippen molar-refractivity contribution in [3.05, 3.63) is 47.4 Å².